The summed E-state index contributed by atoms with van der Waals surface area (Å²) in [6, 6.07) is 56.1. The highest BCUT2D eigenvalue weighted by Crippen LogP contribution is 2.39. The van der Waals surface area contributed by atoms with E-state index in [0.29, 0.717) is 94.8 Å². The van der Waals surface area contributed by atoms with Crippen molar-refractivity contribution in [2.45, 2.75) is 53.4 Å². The molecule has 15 aromatic rings. The minimum Gasteiger partial charge on any atom is -0.315 e. The minimum absolute atomic E-state index is 0.0983. The molecule has 0 saturated carbocycles. The second kappa shape index (κ2) is 41.9. The zero-order valence-corrected chi connectivity index (χ0v) is 70.4. The van der Waals surface area contributed by atoms with Crippen LogP contribution in [-0.2, 0) is 19.6 Å². The van der Waals surface area contributed by atoms with Crippen molar-refractivity contribution in [3.05, 3.63) is 336 Å². The Balaban J connectivity index is 0.000000144. The molecule has 30 nitrogen and oxygen atoms in total. The average molecular weight is 1780 g/mol. The second-order valence-corrected chi connectivity index (χ2v) is 29.0. The molecule has 0 saturated heterocycles. The van der Waals surface area contributed by atoms with Gasteiger partial charge >= 0.3 is 24.1 Å². The highest BCUT2D eigenvalue weighted by Gasteiger charge is 2.29. The molecule has 7 aromatic heterocycles. The number of urea groups is 4. The fourth-order valence-electron chi connectivity index (χ4n) is 12.7. The van der Waals surface area contributed by atoms with Crippen molar-refractivity contribution in [1.29, 1.82) is 0 Å². The maximum absolute atomic E-state index is 14.0. The number of amides is 8. The number of aryl methyl sites for hydroxylation is 3. The molecule has 1 aliphatic rings. The molecule has 36 heteroatoms. The third-order valence-electron chi connectivity index (χ3n) is 19.0. The third kappa shape index (κ3) is 22.4. The van der Waals surface area contributed by atoms with Gasteiger partial charge in [0.15, 0.2) is 0 Å². The molecule has 0 spiro atoms. The molecule has 0 bridgehead atoms. The molecule has 0 aliphatic carbocycles. The molecule has 16 rings (SSSR count). The maximum atomic E-state index is 14.0. The lowest BCUT2D eigenvalue weighted by Crippen LogP contribution is -2.32. The van der Waals surface area contributed by atoms with Gasteiger partial charge in [-0.1, -0.05) is 101 Å². The zero-order valence-electron chi connectivity index (χ0n) is 67.4. The standard InChI is InChI=1S/C23H19ClFN5O2.C23H20ClN5O2.C22H20Cl2N6O2.C22H19FN6O2/c1-2-29-14-19(22(28-29)15-8-10-26-11-9-15)16-4-3-5-18(12-16)30(32)23(31)27-21-7-6-17(24)13-20(21)25;1-2-28-15-21(22(27-28)16-9-11-25-12-10-16)17-5-3-8-20(13-17)29(31)23(30)26-19-7-4-6-18(24)14-19;1-2-29-12-17(21(28-29)20-8-9-25-13-26-20)14-4-3-5-16(10-14)30(32)22(31)27-15-6-7-18(23)19(24)11-15;1-2-28-13-19(21(27-28)20-10-11-24-14-25-20)15-4-3-5-18(12-15)29(31)22(30)26-17-8-6-16(23)7-9-17/h3-14,32H,2H2,1H3,(H,27,31);3-15,31H,2H2,1H3,(H,26,30);3-13,21,28,32H,2H2,1H3,(H,27,31);3-14,31H,2H2,1H3,(H,26,30). The van der Waals surface area contributed by atoms with Crippen LogP contribution in [0.25, 0.3) is 72.9 Å². The SMILES string of the molecule is CCN1C=C(c2cccc(N(O)C(=O)Nc3ccc(Cl)c(Cl)c3)c2)C(c2ccncn2)N1.CCn1cc(-c2cccc(N(O)C(=O)Nc3ccc(Cl)cc3F)c2)c(-c2ccncc2)n1.CCn1cc(-c2cccc(N(O)C(=O)Nc3ccc(F)cc3)c2)c(-c2ccncn2)n1.CCn1cc(-c2cccc(N(O)C(=O)Nc3cccc(Cl)c3)c2)c(-c2ccncc2)n1. The van der Waals surface area contributed by atoms with Crippen molar-refractivity contribution >= 4 is 122 Å². The van der Waals surface area contributed by atoms with Gasteiger partial charge < -0.3 is 26.3 Å². The van der Waals surface area contributed by atoms with Gasteiger partial charge in [-0.15, -0.1) is 0 Å². The third-order valence-corrected chi connectivity index (χ3v) is 20.3. The van der Waals surface area contributed by atoms with Crippen LogP contribution >= 0.6 is 46.4 Å². The van der Waals surface area contributed by atoms with Gasteiger partial charge in [-0.3, -0.25) is 44.8 Å². The number of aromatic nitrogens is 12. The fraction of sp³-hybridized carbons (Fsp3) is 0.100. The molecule has 1 unspecified atom stereocenters. The number of carbonyl (C=O) groups excluding carboxylic acids is 4. The van der Waals surface area contributed by atoms with E-state index in [2.05, 4.69) is 71.9 Å². The van der Waals surface area contributed by atoms with Crippen LogP contribution in [0, 0.1) is 11.6 Å². The summed E-state index contributed by atoms with van der Waals surface area (Å²) in [6.45, 7) is 10.8. The van der Waals surface area contributed by atoms with Gasteiger partial charge in [-0.05, 0) is 214 Å². The van der Waals surface area contributed by atoms with E-state index in [1.807, 2.05) is 121 Å². The Kier molecular flexibility index (Phi) is 29.6. The van der Waals surface area contributed by atoms with Crippen LogP contribution < -0.4 is 46.9 Å². The largest absolute Gasteiger partial charge is 0.350 e. The molecule has 8 amide bonds. The Morgan fingerprint density at radius 3 is 1.29 bits per heavy atom. The Morgan fingerprint density at radius 1 is 0.405 bits per heavy atom. The number of rotatable bonds is 20. The van der Waals surface area contributed by atoms with Gasteiger partial charge in [0.1, 0.15) is 41.4 Å². The Hall–Kier alpha value is -14.7. The normalized spacial score (nSPS) is 11.9. The lowest BCUT2D eigenvalue weighted by Gasteiger charge is -2.20. The number of nitrogens with zero attached hydrogens (tertiary/aromatic N) is 17. The van der Waals surface area contributed by atoms with E-state index in [9.17, 15) is 48.8 Å². The number of carbonyl (C=O) groups is 4. The predicted octanol–water partition coefficient (Wildman–Crippen LogP) is 21.3. The second-order valence-electron chi connectivity index (χ2n) is 27.3. The van der Waals surface area contributed by atoms with Crippen LogP contribution in [0.5, 0.6) is 0 Å². The van der Waals surface area contributed by atoms with E-state index in [1.165, 1.54) is 55.1 Å². The van der Waals surface area contributed by atoms with Crippen molar-refractivity contribution in [2.75, 3.05) is 48.1 Å². The molecule has 0 radical (unpaired) electrons. The first-order valence-electron chi connectivity index (χ1n) is 38.8. The number of halogens is 6. The van der Waals surface area contributed by atoms with Crippen LogP contribution in [0.2, 0.25) is 20.1 Å². The molecule has 638 valence electrons. The molecular formula is C90H78Cl4F2N22O8. The summed E-state index contributed by atoms with van der Waals surface area (Å²) >= 11 is 23.6. The smallest absolute Gasteiger partial charge is 0.315 e. The van der Waals surface area contributed by atoms with Gasteiger partial charge in [0, 0.05) is 149 Å². The van der Waals surface area contributed by atoms with E-state index in [0.717, 1.165) is 85.3 Å². The number of hydrogen-bond donors (Lipinski definition) is 9. The van der Waals surface area contributed by atoms with Gasteiger partial charge in [-0.25, -0.2) is 53.3 Å². The molecular weight excluding hydrogens is 1700 g/mol. The molecule has 0 fully saturated rings. The number of hydroxylamine groups is 4. The van der Waals surface area contributed by atoms with Crippen molar-refractivity contribution < 1.29 is 48.8 Å². The van der Waals surface area contributed by atoms with Crippen LogP contribution in [-0.4, -0.2) is 116 Å². The van der Waals surface area contributed by atoms with E-state index in [4.69, 9.17) is 46.4 Å². The Morgan fingerprint density at radius 2 is 0.833 bits per heavy atom. The first kappa shape index (κ1) is 89.1. The number of pyridine rings is 2. The highest BCUT2D eigenvalue weighted by atomic mass is 35.5. The average Bonchev–Trinajstić information content (AvgIpc) is 1.65. The Bertz CT molecular complexity index is 6350. The topological polar surface area (TPSA) is 356 Å². The summed E-state index contributed by atoms with van der Waals surface area (Å²) in [4.78, 5) is 74.7. The first-order chi connectivity index (χ1) is 61.0. The maximum Gasteiger partial charge on any atom is 0.350 e. The monoisotopic (exact) mass is 1770 g/mol. The summed E-state index contributed by atoms with van der Waals surface area (Å²) < 4.78 is 32.5. The summed E-state index contributed by atoms with van der Waals surface area (Å²) in [7, 11) is 0. The van der Waals surface area contributed by atoms with Crippen molar-refractivity contribution in [1.82, 2.24) is 69.7 Å². The van der Waals surface area contributed by atoms with E-state index in [-0.39, 0.29) is 28.1 Å². The number of anilines is 8. The van der Waals surface area contributed by atoms with Gasteiger partial charge in [0.25, 0.3) is 0 Å². The van der Waals surface area contributed by atoms with Crippen molar-refractivity contribution in [3.8, 4) is 67.3 Å². The summed E-state index contributed by atoms with van der Waals surface area (Å²) in [6.07, 6.45) is 20.8. The molecule has 1 atom stereocenters. The van der Waals surface area contributed by atoms with E-state index < -0.39 is 35.8 Å². The molecule has 126 heavy (non-hydrogen) atoms. The predicted molar refractivity (Wildman–Crippen MR) is 481 cm³/mol. The number of hydrogen-bond acceptors (Lipinski definition) is 19. The van der Waals surface area contributed by atoms with Crippen molar-refractivity contribution in [3.63, 3.8) is 0 Å². The lowest BCUT2D eigenvalue weighted by atomic mass is 9.98. The van der Waals surface area contributed by atoms with Gasteiger partial charge in [0.05, 0.1) is 55.9 Å². The lowest BCUT2D eigenvalue weighted by molar-refractivity contribution is 0.215. The van der Waals surface area contributed by atoms with Gasteiger partial charge in [-0.2, -0.15) is 35.5 Å². The molecule has 8 heterocycles. The number of benzene rings is 8. The first-order valence-corrected chi connectivity index (χ1v) is 40.4. The quantitative estimate of drug-likeness (QED) is 0.0253. The summed E-state index contributed by atoms with van der Waals surface area (Å²) in [5.41, 5.74) is 17.8. The Labute approximate surface area is 740 Å². The number of hydrazine groups is 1. The van der Waals surface area contributed by atoms with E-state index in [1.54, 1.807) is 157 Å². The van der Waals surface area contributed by atoms with Crippen LogP contribution in [0.15, 0.2) is 293 Å². The summed E-state index contributed by atoms with van der Waals surface area (Å²) in [5, 5.41) is 71.2. The molecule has 9 N–H and O–H groups in total. The minimum atomic E-state index is -0.915. The summed E-state index contributed by atoms with van der Waals surface area (Å²) in [5.74, 6) is -1.12. The fourth-order valence-corrected chi connectivity index (χ4v) is 13.4. The van der Waals surface area contributed by atoms with Crippen LogP contribution in [0.1, 0.15) is 45.0 Å². The number of nitrogens with one attached hydrogen (secondary N) is 5. The molecule has 1 aliphatic heterocycles. The van der Waals surface area contributed by atoms with Crippen molar-refractivity contribution in [2.24, 2.45) is 0 Å². The van der Waals surface area contributed by atoms with E-state index >= 15 is 0 Å². The molecule has 8 aromatic carbocycles. The zero-order chi connectivity index (χ0) is 88.9. The van der Waals surface area contributed by atoms with Crippen LogP contribution in [0.4, 0.5) is 73.5 Å². The highest BCUT2D eigenvalue weighted by molar-refractivity contribution is 6.42. The van der Waals surface area contributed by atoms with Crippen LogP contribution in [0.3, 0.4) is 0 Å². The van der Waals surface area contributed by atoms with Gasteiger partial charge in [0.2, 0.25) is 0 Å².